The molecule has 0 aliphatic heterocycles. The van der Waals surface area contributed by atoms with E-state index >= 15 is 0 Å². The minimum Gasteiger partial charge on any atom is -0.465 e. The van der Waals surface area contributed by atoms with Crippen LogP contribution in [0.1, 0.15) is 15.9 Å². The number of aliphatic hydroxyl groups is 1. The number of rotatable bonds is 8. The molecule has 0 saturated carbocycles. The Labute approximate surface area is 106 Å². The van der Waals surface area contributed by atoms with Gasteiger partial charge in [-0.05, 0) is 17.7 Å². The summed E-state index contributed by atoms with van der Waals surface area (Å²) in [6.07, 6.45) is 0. The maximum atomic E-state index is 11.3. The average Bonchev–Trinajstić information content (AvgIpc) is 2.42. The van der Waals surface area contributed by atoms with Gasteiger partial charge in [0.15, 0.2) is 0 Å². The molecule has 0 aromatic heterocycles. The Morgan fingerprint density at radius 3 is 2.72 bits per heavy atom. The highest BCUT2D eigenvalue weighted by Gasteiger charge is 2.05. The molecule has 0 aliphatic carbocycles. The van der Waals surface area contributed by atoms with Crippen LogP contribution >= 0.6 is 0 Å². The molecule has 5 heteroatoms. The van der Waals surface area contributed by atoms with E-state index in [4.69, 9.17) is 14.6 Å². The number of hydrogen-bond donors (Lipinski definition) is 1. The van der Waals surface area contributed by atoms with Gasteiger partial charge in [-0.1, -0.05) is 12.1 Å². The van der Waals surface area contributed by atoms with Crippen LogP contribution in [0.3, 0.4) is 0 Å². The van der Waals surface area contributed by atoms with Crippen molar-refractivity contribution in [1.29, 1.82) is 0 Å². The Bertz CT molecular complexity index is 364. The van der Waals surface area contributed by atoms with Gasteiger partial charge in [-0.3, -0.25) is 0 Å². The Hall–Kier alpha value is -1.43. The van der Waals surface area contributed by atoms with Gasteiger partial charge < -0.3 is 19.3 Å². The van der Waals surface area contributed by atoms with Gasteiger partial charge in [-0.25, -0.2) is 4.79 Å². The zero-order valence-electron chi connectivity index (χ0n) is 10.4. The summed E-state index contributed by atoms with van der Waals surface area (Å²) in [7, 11) is 1.35. The molecule has 100 valence electrons. The number of esters is 1. The lowest BCUT2D eigenvalue weighted by molar-refractivity contribution is 0.0274. The standard InChI is InChI=1S/C13H18O5/c1-16-13(15)12-4-2-3-11(9-12)10-18-8-7-17-6-5-14/h2-4,9,14H,5-8,10H2,1H3. The third kappa shape index (κ3) is 5.27. The van der Waals surface area contributed by atoms with Crippen molar-refractivity contribution in [2.24, 2.45) is 0 Å². The van der Waals surface area contributed by atoms with Crippen LogP contribution in [0.15, 0.2) is 24.3 Å². The van der Waals surface area contributed by atoms with Crippen molar-refractivity contribution in [3.05, 3.63) is 35.4 Å². The Morgan fingerprint density at radius 1 is 1.22 bits per heavy atom. The van der Waals surface area contributed by atoms with Gasteiger partial charge in [0.1, 0.15) is 0 Å². The highest BCUT2D eigenvalue weighted by molar-refractivity contribution is 5.89. The molecule has 0 atom stereocenters. The second-order valence-electron chi connectivity index (χ2n) is 3.58. The van der Waals surface area contributed by atoms with Gasteiger partial charge in [-0.15, -0.1) is 0 Å². The monoisotopic (exact) mass is 254 g/mol. The van der Waals surface area contributed by atoms with E-state index in [1.54, 1.807) is 18.2 Å². The number of methoxy groups -OCH3 is 1. The summed E-state index contributed by atoms with van der Waals surface area (Å²) in [4.78, 5) is 11.3. The van der Waals surface area contributed by atoms with Gasteiger partial charge in [0, 0.05) is 0 Å². The predicted molar refractivity (Wildman–Crippen MR) is 65.3 cm³/mol. The van der Waals surface area contributed by atoms with Crippen LogP contribution < -0.4 is 0 Å². The second kappa shape index (κ2) is 8.63. The molecule has 0 spiro atoms. The largest absolute Gasteiger partial charge is 0.465 e. The second-order valence-corrected chi connectivity index (χ2v) is 3.58. The van der Waals surface area contributed by atoms with Crippen LogP contribution in [0.2, 0.25) is 0 Å². The van der Waals surface area contributed by atoms with Gasteiger partial charge in [0.2, 0.25) is 0 Å². The summed E-state index contributed by atoms with van der Waals surface area (Å²) in [6, 6.07) is 7.09. The predicted octanol–water partition coefficient (Wildman–Crippen LogP) is 0.999. The molecule has 1 aromatic carbocycles. The molecular formula is C13H18O5. The third-order valence-electron chi connectivity index (χ3n) is 2.22. The molecular weight excluding hydrogens is 236 g/mol. The Kier molecular flexibility index (Phi) is 7.01. The first-order valence-corrected chi connectivity index (χ1v) is 5.71. The molecule has 0 amide bonds. The molecule has 1 aromatic rings. The molecule has 0 aliphatic rings. The van der Waals surface area contributed by atoms with Crippen molar-refractivity contribution in [2.45, 2.75) is 6.61 Å². The van der Waals surface area contributed by atoms with E-state index in [0.29, 0.717) is 32.0 Å². The van der Waals surface area contributed by atoms with Gasteiger partial charge in [0.05, 0.1) is 45.7 Å². The summed E-state index contributed by atoms with van der Waals surface area (Å²) < 4.78 is 15.1. The van der Waals surface area contributed by atoms with E-state index in [1.165, 1.54) is 7.11 Å². The normalized spacial score (nSPS) is 10.3. The van der Waals surface area contributed by atoms with Crippen LogP contribution in [0.4, 0.5) is 0 Å². The van der Waals surface area contributed by atoms with Gasteiger partial charge in [0.25, 0.3) is 0 Å². The number of hydrogen-bond acceptors (Lipinski definition) is 5. The van der Waals surface area contributed by atoms with Crippen molar-refractivity contribution in [3.63, 3.8) is 0 Å². The summed E-state index contributed by atoms with van der Waals surface area (Å²) in [5, 5.41) is 8.50. The zero-order chi connectivity index (χ0) is 13.2. The van der Waals surface area contributed by atoms with E-state index in [-0.39, 0.29) is 12.6 Å². The minimum absolute atomic E-state index is 0.0151. The fraction of sp³-hybridized carbons (Fsp3) is 0.462. The smallest absolute Gasteiger partial charge is 0.337 e. The maximum absolute atomic E-state index is 11.3. The highest BCUT2D eigenvalue weighted by Crippen LogP contribution is 2.07. The molecule has 0 fully saturated rings. The molecule has 0 radical (unpaired) electrons. The van der Waals surface area contributed by atoms with E-state index in [0.717, 1.165) is 5.56 Å². The topological polar surface area (TPSA) is 65.0 Å². The Balaban J connectivity index is 2.32. The van der Waals surface area contributed by atoms with E-state index in [1.807, 2.05) is 6.07 Å². The number of carbonyl (C=O) groups excluding carboxylic acids is 1. The van der Waals surface area contributed by atoms with Crippen LogP contribution in [0, 0.1) is 0 Å². The minimum atomic E-state index is -0.358. The molecule has 1 rings (SSSR count). The van der Waals surface area contributed by atoms with Crippen molar-refractivity contribution >= 4 is 5.97 Å². The summed E-state index contributed by atoms with van der Waals surface area (Å²) in [5.74, 6) is -0.358. The number of ether oxygens (including phenoxy) is 3. The highest BCUT2D eigenvalue weighted by atomic mass is 16.5. The average molecular weight is 254 g/mol. The first kappa shape index (κ1) is 14.6. The van der Waals surface area contributed by atoms with Crippen molar-refractivity contribution in [3.8, 4) is 0 Å². The van der Waals surface area contributed by atoms with E-state index in [9.17, 15) is 4.79 Å². The van der Waals surface area contributed by atoms with Crippen LogP contribution in [0.25, 0.3) is 0 Å². The maximum Gasteiger partial charge on any atom is 0.337 e. The summed E-state index contributed by atoms with van der Waals surface area (Å²) >= 11 is 0. The van der Waals surface area contributed by atoms with Gasteiger partial charge >= 0.3 is 5.97 Å². The fourth-order valence-corrected chi connectivity index (χ4v) is 1.38. The summed E-state index contributed by atoms with van der Waals surface area (Å²) in [6.45, 7) is 1.63. The van der Waals surface area contributed by atoms with Crippen LogP contribution in [-0.4, -0.2) is 44.6 Å². The first-order chi connectivity index (χ1) is 8.77. The van der Waals surface area contributed by atoms with E-state index < -0.39 is 0 Å². The fourth-order valence-electron chi connectivity index (χ4n) is 1.38. The van der Waals surface area contributed by atoms with Crippen LogP contribution in [0.5, 0.6) is 0 Å². The molecule has 18 heavy (non-hydrogen) atoms. The third-order valence-corrected chi connectivity index (χ3v) is 2.22. The molecule has 0 unspecified atom stereocenters. The molecule has 0 heterocycles. The van der Waals surface area contributed by atoms with Gasteiger partial charge in [-0.2, -0.15) is 0 Å². The molecule has 1 N–H and O–H groups in total. The molecule has 0 saturated heterocycles. The van der Waals surface area contributed by atoms with Crippen LogP contribution in [-0.2, 0) is 20.8 Å². The lowest BCUT2D eigenvalue weighted by Gasteiger charge is -2.06. The lowest BCUT2D eigenvalue weighted by Crippen LogP contribution is -2.07. The quantitative estimate of drug-likeness (QED) is 0.554. The first-order valence-electron chi connectivity index (χ1n) is 5.71. The van der Waals surface area contributed by atoms with E-state index in [2.05, 4.69) is 4.74 Å². The summed E-state index contributed by atoms with van der Waals surface area (Å²) in [5.41, 5.74) is 1.41. The number of benzene rings is 1. The van der Waals surface area contributed by atoms with Crippen molar-refractivity contribution in [1.82, 2.24) is 0 Å². The zero-order valence-corrected chi connectivity index (χ0v) is 10.4. The SMILES string of the molecule is COC(=O)c1cccc(COCCOCCO)c1. The van der Waals surface area contributed by atoms with Crippen molar-refractivity contribution < 1.29 is 24.1 Å². The molecule has 0 bridgehead atoms. The molecule has 5 nitrogen and oxygen atoms in total. The Morgan fingerprint density at radius 2 is 2.00 bits per heavy atom. The van der Waals surface area contributed by atoms with Crippen molar-refractivity contribution in [2.75, 3.05) is 33.5 Å². The lowest BCUT2D eigenvalue weighted by atomic mass is 10.1. The number of carbonyl (C=O) groups is 1. The number of aliphatic hydroxyl groups excluding tert-OH is 1.